The second-order valence-corrected chi connectivity index (χ2v) is 4.87. The third kappa shape index (κ3) is 2.69. The molecule has 1 atom stereocenters. The first-order valence-electron chi connectivity index (χ1n) is 5.83. The summed E-state index contributed by atoms with van der Waals surface area (Å²) in [5.74, 6) is 1.01. The molecule has 0 aromatic rings. The van der Waals surface area contributed by atoms with Crippen molar-refractivity contribution < 1.29 is 5.11 Å². The smallest absolute Gasteiger partial charge is 0.0599 e. The molecule has 1 aliphatic carbocycles. The molecule has 2 rings (SSSR count). The van der Waals surface area contributed by atoms with Crippen LogP contribution in [0.3, 0.4) is 0 Å². The largest absolute Gasteiger partial charge is 0.395 e. The summed E-state index contributed by atoms with van der Waals surface area (Å²) in [6, 6.07) is 0.382. The van der Waals surface area contributed by atoms with Crippen molar-refractivity contribution in [1.29, 1.82) is 0 Å². The van der Waals surface area contributed by atoms with Crippen LogP contribution in [0.1, 0.15) is 19.3 Å². The van der Waals surface area contributed by atoms with Crippen LogP contribution in [0.5, 0.6) is 0 Å². The molecular weight excluding hydrogens is 176 g/mol. The Kier molecular flexibility index (Phi) is 3.42. The Morgan fingerprint density at radius 3 is 2.71 bits per heavy atom. The van der Waals surface area contributed by atoms with Crippen molar-refractivity contribution in [2.75, 3.05) is 39.8 Å². The van der Waals surface area contributed by atoms with Crippen molar-refractivity contribution in [2.24, 2.45) is 5.92 Å². The highest BCUT2D eigenvalue weighted by molar-refractivity contribution is 4.82. The summed E-state index contributed by atoms with van der Waals surface area (Å²) >= 11 is 0. The maximum Gasteiger partial charge on any atom is 0.0599 e. The van der Waals surface area contributed by atoms with Crippen LogP contribution in [0, 0.1) is 5.92 Å². The van der Waals surface area contributed by atoms with Gasteiger partial charge in [-0.25, -0.2) is 0 Å². The molecule has 0 aromatic heterocycles. The van der Waals surface area contributed by atoms with E-state index in [4.69, 9.17) is 0 Å². The normalized spacial score (nSPS) is 30.9. The van der Waals surface area contributed by atoms with Crippen molar-refractivity contribution in [1.82, 2.24) is 9.80 Å². The maximum atomic E-state index is 9.29. The zero-order chi connectivity index (χ0) is 9.97. The number of rotatable bonds is 4. The maximum absolute atomic E-state index is 9.29. The lowest BCUT2D eigenvalue weighted by atomic mass is 10.1. The number of aliphatic hydroxyl groups excluding tert-OH is 1. The average molecular weight is 198 g/mol. The molecule has 1 heterocycles. The van der Waals surface area contributed by atoms with Crippen molar-refractivity contribution in [3.63, 3.8) is 0 Å². The number of aliphatic hydroxyl groups is 1. The minimum Gasteiger partial charge on any atom is -0.395 e. The van der Waals surface area contributed by atoms with Crippen LogP contribution in [-0.4, -0.2) is 60.8 Å². The molecule has 0 radical (unpaired) electrons. The van der Waals surface area contributed by atoms with Gasteiger partial charge in [-0.1, -0.05) is 12.8 Å². The van der Waals surface area contributed by atoms with Crippen LogP contribution >= 0.6 is 0 Å². The molecule has 82 valence electrons. The van der Waals surface area contributed by atoms with E-state index in [9.17, 15) is 5.11 Å². The highest BCUT2D eigenvalue weighted by Gasteiger charge is 2.27. The molecule has 2 aliphatic rings. The molecule has 2 fully saturated rings. The van der Waals surface area contributed by atoms with Crippen LogP contribution in [0.2, 0.25) is 0 Å². The van der Waals surface area contributed by atoms with E-state index in [-0.39, 0.29) is 0 Å². The van der Waals surface area contributed by atoms with Gasteiger partial charge in [0.15, 0.2) is 0 Å². The highest BCUT2D eigenvalue weighted by atomic mass is 16.3. The van der Waals surface area contributed by atoms with Crippen molar-refractivity contribution >= 4 is 0 Å². The number of nitrogens with zero attached hydrogens (tertiary/aromatic N) is 2. The van der Waals surface area contributed by atoms with Gasteiger partial charge in [-0.05, 0) is 25.9 Å². The summed E-state index contributed by atoms with van der Waals surface area (Å²) in [5.41, 5.74) is 0. The van der Waals surface area contributed by atoms with Crippen molar-refractivity contribution in [3.8, 4) is 0 Å². The van der Waals surface area contributed by atoms with Gasteiger partial charge in [0, 0.05) is 25.7 Å². The monoisotopic (exact) mass is 198 g/mol. The average Bonchev–Trinajstić information content (AvgIpc) is 2.99. The van der Waals surface area contributed by atoms with Crippen LogP contribution in [0.25, 0.3) is 0 Å². The highest BCUT2D eigenvalue weighted by Crippen LogP contribution is 2.32. The number of hydrogen-bond acceptors (Lipinski definition) is 3. The number of piperazine rings is 1. The van der Waals surface area contributed by atoms with Gasteiger partial charge in [0.2, 0.25) is 0 Å². The summed E-state index contributed by atoms with van der Waals surface area (Å²) in [4.78, 5) is 4.78. The Balaban J connectivity index is 1.76. The van der Waals surface area contributed by atoms with Gasteiger partial charge in [0.25, 0.3) is 0 Å². The Morgan fingerprint density at radius 1 is 1.29 bits per heavy atom. The van der Waals surface area contributed by atoms with Gasteiger partial charge in [-0.15, -0.1) is 0 Å². The van der Waals surface area contributed by atoms with E-state index in [1.54, 1.807) is 0 Å². The standard InChI is InChI=1S/C11H22N2O/c1-12-6-7-13(11(8-12)9-14)5-4-10-2-3-10/h10-11,14H,2-9H2,1H3. The third-order valence-corrected chi connectivity index (χ3v) is 3.54. The van der Waals surface area contributed by atoms with E-state index in [0.29, 0.717) is 12.6 Å². The fourth-order valence-corrected chi connectivity index (χ4v) is 2.27. The molecule has 0 bridgehead atoms. The lowest BCUT2D eigenvalue weighted by molar-refractivity contribution is 0.0495. The van der Waals surface area contributed by atoms with Crippen LogP contribution < -0.4 is 0 Å². The van der Waals surface area contributed by atoms with Gasteiger partial charge in [0.1, 0.15) is 0 Å². The summed E-state index contributed by atoms with van der Waals surface area (Å²) in [5, 5.41) is 9.29. The van der Waals surface area contributed by atoms with Gasteiger partial charge < -0.3 is 10.0 Å². The topological polar surface area (TPSA) is 26.7 Å². The first-order chi connectivity index (χ1) is 6.79. The Morgan fingerprint density at radius 2 is 2.07 bits per heavy atom. The van der Waals surface area contributed by atoms with Gasteiger partial charge in [-0.2, -0.15) is 0 Å². The minimum absolute atomic E-state index is 0.314. The molecule has 1 saturated heterocycles. The predicted molar refractivity (Wildman–Crippen MR) is 57.3 cm³/mol. The molecule has 1 aliphatic heterocycles. The SMILES string of the molecule is CN1CCN(CCC2CC2)C(CO)C1. The summed E-state index contributed by atoms with van der Waals surface area (Å²) in [7, 11) is 2.14. The predicted octanol–water partition coefficient (Wildman–Crippen LogP) is 0.395. The second kappa shape index (κ2) is 4.60. The molecule has 1 unspecified atom stereocenters. The molecule has 1 N–H and O–H groups in total. The van der Waals surface area contributed by atoms with Gasteiger partial charge in [-0.3, -0.25) is 4.90 Å². The Hall–Kier alpha value is -0.120. The molecule has 0 aromatic carbocycles. The summed E-state index contributed by atoms with van der Waals surface area (Å²) in [6.07, 6.45) is 4.23. The minimum atomic E-state index is 0.314. The molecule has 3 heteroatoms. The van der Waals surface area contributed by atoms with E-state index in [0.717, 1.165) is 25.6 Å². The van der Waals surface area contributed by atoms with Gasteiger partial charge in [0.05, 0.1) is 6.61 Å². The number of likely N-dealkylation sites (N-methyl/N-ethyl adjacent to an activating group) is 1. The Bertz CT molecular complexity index is 182. The van der Waals surface area contributed by atoms with Crippen LogP contribution in [-0.2, 0) is 0 Å². The van der Waals surface area contributed by atoms with Gasteiger partial charge >= 0.3 is 0 Å². The van der Waals surface area contributed by atoms with Crippen molar-refractivity contribution in [3.05, 3.63) is 0 Å². The number of hydrogen-bond donors (Lipinski definition) is 1. The van der Waals surface area contributed by atoms with Crippen LogP contribution in [0.4, 0.5) is 0 Å². The summed E-state index contributed by atoms with van der Waals surface area (Å²) < 4.78 is 0. The van der Waals surface area contributed by atoms with E-state index >= 15 is 0 Å². The van der Waals surface area contributed by atoms with Crippen LogP contribution in [0.15, 0.2) is 0 Å². The van der Waals surface area contributed by atoms with E-state index < -0.39 is 0 Å². The zero-order valence-corrected chi connectivity index (χ0v) is 9.15. The zero-order valence-electron chi connectivity index (χ0n) is 9.15. The molecular formula is C11H22N2O. The van der Waals surface area contributed by atoms with E-state index in [2.05, 4.69) is 16.8 Å². The summed E-state index contributed by atoms with van der Waals surface area (Å²) in [6.45, 7) is 4.83. The molecule has 3 nitrogen and oxygen atoms in total. The molecule has 0 amide bonds. The van der Waals surface area contributed by atoms with Crippen molar-refractivity contribution in [2.45, 2.75) is 25.3 Å². The second-order valence-electron chi connectivity index (χ2n) is 4.87. The molecule has 0 spiro atoms. The first kappa shape index (κ1) is 10.4. The lowest BCUT2D eigenvalue weighted by Gasteiger charge is -2.39. The first-order valence-corrected chi connectivity index (χ1v) is 5.83. The fraction of sp³-hybridized carbons (Fsp3) is 1.00. The Labute approximate surface area is 86.7 Å². The van der Waals surface area contributed by atoms with E-state index in [1.165, 1.54) is 25.8 Å². The quantitative estimate of drug-likeness (QED) is 0.708. The lowest BCUT2D eigenvalue weighted by Crippen LogP contribution is -2.53. The fourth-order valence-electron chi connectivity index (χ4n) is 2.27. The third-order valence-electron chi connectivity index (χ3n) is 3.54. The van der Waals surface area contributed by atoms with E-state index in [1.807, 2.05) is 0 Å². The molecule has 14 heavy (non-hydrogen) atoms. The molecule has 1 saturated carbocycles.